The number of hydrogen-bond donors (Lipinski definition) is 2. The van der Waals surface area contributed by atoms with Crippen LogP contribution in [0, 0.1) is 6.92 Å². The molecule has 0 aliphatic rings. The summed E-state index contributed by atoms with van der Waals surface area (Å²) in [5.41, 5.74) is 2.61. The topological polar surface area (TPSA) is 67.4 Å². The van der Waals surface area contributed by atoms with E-state index in [-0.39, 0.29) is 0 Å². The minimum atomic E-state index is -0.685. The molecular weight excluding hydrogens is 328 g/mol. The molecule has 0 radical (unpaired) electrons. The molecule has 0 bridgehead atoms. The molecule has 5 nitrogen and oxygen atoms in total. The lowest BCUT2D eigenvalue weighted by atomic mass is 10.1. The molecule has 2 aromatic rings. The first-order valence-corrected chi connectivity index (χ1v) is 8.96. The highest BCUT2D eigenvalue weighted by Gasteiger charge is 2.13. The van der Waals surface area contributed by atoms with Crippen LogP contribution in [0.5, 0.6) is 5.75 Å². The molecule has 138 valence electrons. The van der Waals surface area contributed by atoms with Crippen molar-refractivity contribution in [3.8, 4) is 5.75 Å². The van der Waals surface area contributed by atoms with Crippen LogP contribution in [0.2, 0.25) is 0 Å². The van der Waals surface area contributed by atoms with Gasteiger partial charge in [-0.25, -0.2) is 0 Å². The summed E-state index contributed by atoms with van der Waals surface area (Å²) in [6.45, 7) is 5.12. The Morgan fingerprint density at radius 3 is 2.38 bits per heavy atom. The summed E-state index contributed by atoms with van der Waals surface area (Å²) in [5, 5.41) is 5.23. The van der Waals surface area contributed by atoms with Crippen molar-refractivity contribution in [3.05, 3.63) is 59.7 Å². The van der Waals surface area contributed by atoms with Crippen LogP contribution >= 0.6 is 0 Å². The van der Waals surface area contributed by atoms with Gasteiger partial charge < -0.3 is 15.4 Å². The van der Waals surface area contributed by atoms with Crippen molar-refractivity contribution in [2.45, 2.75) is 39.7 Å². The molecule has 26 heavy (non-hydrogen) atoms. The molecule has 0 heterocycles. The summed E-state index contributed by atoms with van der Waals surface area (Å²) in [7, 11) is 0. The second-order valence-corrected chi connectivity index (χ2v) is 6.14. The Balaban J connectivity index is 1.79. The van der Waals surface area contributed by atoms with Gasteiger partial charge in [-0.3, -0.25) is 9.59 Å². The van der Waals surface area contributed by atoms with Crippen molar-refractivity contribution < 1.29 is 14.3 Å². The van der Waals surface area contributed by atoms with Crippen molar-refractivity contribution in [2.75, 3.05) is 11.9 Å². The van der Waals surface area contributed by atoms with E-state index in [0.29, 0.717) is 18.8 Å². The quantitative estimate of drug-likeness (QED) is 0.559. The molecule has 2 rings (SSSR count). The Morgan fingerprint density at radius 1 is 0.962 bits per heavy atom. The SMILES string of the molecule is CCCCCOc1ccc(NC(=O)C(=O)NCc2ccccc2C)cc1. The average molecular weight is 354 g/mol. The molecule has 0 saturated carbocycles. The average Bonchev–Trinajstić information content (AvgIpc) is 2.65. The summed E-state index contributed by atoms with van der Waals surface area (Å²) in [5.74, 6) is -0.591. The number of carbonyl (C=O) groups excluding carboxylic acids is 2. The molecule has 0 aliphatic heterocycles. The summed E-state index contributed by atoms with van der Waals surface area (Å²) in [6, 6.07) is 14.7. The summed E-state index contributed by atoms with van der Waals surface area (Å²) >= 11 is 0. The van der Waals surface area contributed by atoms with Gasteiger partial charge in [-0.05, 0) is 48.7 Å². The number of unbranched alkanes of at least 4 members (excludes halogenated alkanes) is 2. The third-order valence-electron chi connectivity index (χ3n) is 4.04. The predicted octanol–water partition coefficient (Wildman–Crippen LogP) is 3.82. The summed E-state index contributed by atoms with van der Waals surface area (Å²) < 4.78 is 5.62. The monoisotopic (exact) mass is 354 g/mol. The van der Waals surface area contributed by atoms with E-state index < -0.39 is 11.8 Å². The standard InChI is InChI=1S/C21H26N2O3/c1-3-4-7-14-26-19-12-10-18(11-13-19)23-21(25)20(24)22-15-17-9-6-5-8-16(17)2/h5-6,8-13H,3-4,7,14-15H2,1-2H3,(H,22,24)(H,23,25). The molecule has 0 atom stereocenters. The zero-order valence-electron chi connectivity index (χ0n) is 15.4. The van der Waals surface area contributed by atoms with Crippen molar-refractivity contribution >= 4 is 17.5 Å². The number of hydrogen-bond acceptors (Lipinski definition) is 3. The molecule has 5 heteroatoms. The maximum absolute atomic E-state index is 12.0. The summed E-state index contributed by atoms with van der Waals surface area (Å²) in [4.78, 5) is 23.9. The maximum atomic E-state index is 12.0. The number of benzene rings is 2. The number of amides is 2. The number of nitrogens with one attached hydrogen (secondary N) is 2. The first kappa shape index (κ1) is 19.5. The zero-order chi connectivity index (χ0) is 18.8. The fourth-order valence-electron chi connectivity index (χ4n) is 2.43. The maximum Gasteiger partial charge on any atom is 0.313 e. The molecule has 0 aliphatic carbocycles. The van der Waals surface area contributed by atoms with Gasteiger partial charge in [0.1, 0.15) is 5.75 Å². The van der Waals surface area contributed by atoms with Crippen LogP contribution in [-0.2, 0) is 16.1 Å². The van der Waals surface area contributed by atoms with Crippen LogP contribution in [0.15, 0.2) is 48.5 Å². The molecule has 0 unspecified atom stereocenters. The number of aryl methyl sites for hydroxylation is 1. The van der Waals surface area contributed by atoms with Gasteiger partial charge in [0.15, 0.2) is 0 Å². The smallest absolute Gasteiger partial charge is 0.313 e. The normalized spacial score (nSPS) is 10.2. The van der Waals surface area contributed by atoms with E-state index in [1.807, 2.05) is 31.2 Å². The number of rotatable bonds is 8. The first-order valence-electron chi connectivity index (χ1n) is 8.96. The van der Waals surface area contributed by atoms with Crippen LogP contribution in [0.4, 0.5) is 5.69 Å². The fraction of sp³-hybridized carbons (Fsp3) is 0.333. The third-order valence-corrected chi connectivity index (χ3v) is 4.04. The van der Waals surface area contributed by atoms with Gasteiger partial charge in [-0.15, -0.1) is 0 Å². The van der Waals surface area contributed by atoms with Gasteiger partial charge in [-0.2, -0.15) is 0 Å². The van der Waals surface area contributed by atoms with E-state index in [4.69, 9.17) is 4.74 Å². The molecule has 2 aromatic carbocycles. The molecular formula is C21H26N2O3. The molecule has 0 aromatic heterocycles. The molecule has 0 fully saturated rings. The highest BCUT2D eigenvalue weighted by atomic mass is 16.5. The summed E-state index contributed by atoms with van der Waals surface area (Å²) in [6.07, 6.45) is 3.32. The van der Waals surface area contributed by atoms with Crippen molar-refractivity contribution in [2.24, 2.45) is 0 Å². The minimum absolute atomic E-state index is 0.323. The number of anilines is 1. The molecule has 2 amide bonds. The highest BCUT2D eigenvalue weighted by Crippen LogP contribution is 2.16. The Hall–Kier alpha value is -2.82. The van der Waals surface area contributed by atoms with Gasteiger partial charge in [0, 0.05) is 12.2 Å². The Bertz CT molecular complexity index is 726. The first-order chi connectivity index (χ1) is 12.6. The van der Waals surface area contributed by atoms with E-state index in [1.54, 1.807) is 24.3 Å². The Morgan fingerprint density at radius 2 is 1.69 bits per heavy atom. The van der Waals surface area contributed by atoms with Crippen LogP contribution < -0.4 is 15.4 Å². The van der Waals surface area contributed by atoms with Gasteiger partial charge in [0.2, 0.25) is 0 Å². The van der Waals surface area contributed by atoms with Crippen molar-refractivity contribution in [1.29, 1.82) is 0 Å². The Labute approximate surface area is 154 Å². The van der Waals surface area contributed by atoms with E-state index >= 15 is 0 Å². The van der Waals surface area contributed by atoms with E-state index in [0.717, 1.165) is 36.1 Å². The lowest BCUT2D eigenvalue weighted by Crippen LogP contribution is -2.35. The molecule has 0 spiro atoms. The van der Waals surface area contributed by atoms with Gasteiger partial charge in [0.25, 0.3) is 0 Å². The van der Waals surface area contributed by atoms with Gasteiger partial charge >= 0.3 is 11.8 Å². The molecule has 2 N–H and O–H groups in total. The van der Waals surface area contributed by atoms with Crippen molar-refractivity contribution in [3.63, 3.8) is 0 Å². The minimum Gasteiger partial charge on any atom is -0.494 e. The van der Waals surface area contributed by atoms with Crippen LogP contribution in [0.3, 0.4) is 0 Å². The highest BCUT2D eigenvalue weighted by molar-refractivity contribution is 6.39. The van der Waals surface area contributed by atoms with Gasteiger partial charge in [0.05, 0.1) is 6.61 Å². The third kappa shape index (κ3) is 6.24. The molecule has 0 saturated heterocycles. The largest absolute Gasteiger partial charge is 0.494 e. The van der Waals surface area contributed by atoms with E-state index in [9.17, 15) is 9.59 Å². The van der Waals surface area contributed by atoms with Crippen molar-refractivity contribution in [1.82, 2.24) is 5.32 Å². The van der Waals surface area contributed by atoms with Gasteiger partial charge in [-0.1, -0.05) is 44.0 Å². The zero-order valence-corrected chi connectivity index (χ0v) is 15.4. The fourth-order valence-corrected chi connectivity index (χ4v) is 2.43. The van der Waals surface area contributed by atoms with Crippen LogP contribution in [0.1, 0.15) is 37.3 Å². The number of ether oxygens (including phenoxy) is 1. The van der Waals surface area contributed by atoms with Crippen LogP contribution in [-0.4, -0.2) is 18.4 Å². The second kappa shape index (κ2) is 10.2. The van der Waals surface area contributed by atoms with Crippen LogP contribution in [0.25, 0.3) is 0 Å². The lowest BCUT2D eigenvalue weighted by molar-refractivity contribution is -0.136. The second-order valence-electron chi connectivity index (χ2n) is 6.14. The Kier molecular flexibility index (Phi) is 7.68. The number of carbonyl (C=O) groups is 2. The van der Waals surface area contributed by atoms with E-state index in [1.165, 1.54) is 0 Å². The lowest BCUT2D eigenvalue weighted by Gasteiger charge is -2.09. The van der Waals surface area contributed by atoms with E-state index in [2.05, 4.69) is 17.6 Å². The predicted molar refractivity (Wildman–Crippen MR) is 103 cm³/mol.